The number of rotatable bonds is 11. The molecule has 2 N–H and O–H groups in total. The molecule has 0 bridgehead atoms. The third kappa shape index (κ3) is 6.12. The topological polar surface area (TPSA) is 141 Å². The molecule has 6 rings (SSSR count). The number of aromatic nitrogens is 3. The predicted octanol–water partition coefficient (Wildman–Crippen LogP) is 7.40. The van der Waals surface area contributed by atoms with Crippen molar-refractivity contribution in [3.05, 3.63) is 72.1 Å². The minimum Gasteiger partial charge on any atom is -0.484 e. The Bertz CT molecular complexity index is 1850. The lowest BCUT2D eigenvalue weighted by Gasteiger charge is -2.16. The third-order valence-electron chi connectivity index (χ3n) is 6.83. The maximum Gasteiger partial charge on any atom is 0.335 e. The maximum atomic E-state index is 12.0. The lowest BCUT2D eigenvalue weighted by Crippen LogP contribution is -2.15. The molecule has 0 atom stereocenters. The number of hydrogen-bond acceptors (Lipinski definition) is 10. The first kappa shape index (κ1) is 29.3. The number of nitrogens with zero attached hydrogens (tertiary/aromatic N) is 3. The minimum atomic E-state index is -1.15. The molecule has 0 radical (unpaired) electrons. The second-order valence-corrected chi connectivity index (χ2v) is 12.0. The SMILES string of the molecule is CCCCCOc1sc(-c2ccc(-c3ccnc(-c4cc(C(=O)O)cc(-c5cc(C(=O)O)ccn5)n4)c3)s2)c2c1OCCO2. The van der Waals surface area contributed by atoms with Crippen LogP contribution in [0.5, 0.6) is 16.6 Å². The molecule has 0 amide bonds. The number of thiophene rings is 2. The van der Waals surface area contributed by atoms with Crippen molar-refractivity contribution in [2.45, 2.75) is 26.2 Å². The van der Waals surface area contributed by atoms with Gasteiger partial charge in [-0.2, -0.15) is 0 Å². The van der Waals surface area contributed by atoms with E-state index in [-0.39, 0.29) is 22.5 Å². The number of ether oxygens (including phenoxy) is 3. The van der Waals surface area contributed by atoms with Crippen LogP contribution >= 0.6 is 22.7 Å². The average Bonchev–Trinajstić information content (AvgIpc) is 3.68. The highest BCUT2D eigenvalue weighted by atomic mass is 32.1. The first-order valence-corrected chi connectivity index (χ1v) is 15.6. The van der Waals surface area contributed by atoms with Crippen LogP contribution in [-0.4, -0.2) is 56.9 Å². The number of fused-ring (bicyclic) bond motifs is 1. The van der Waals surface area contributed by atoms with Crippen LogP contribution in [0.25, 0.3) is 43.0 Å². The summed E-state index contributed by atoms with van der Waals surface area (Å²) in [4.78, 5) is 39.7. The van der Waals surface area contributed by atoms with Crippen LogP contribution in [0.15, 0.2) is 60.9 Å². The van der Waals surface area contributed by atoms with Crippen LogP contribution in [0.3, 0.4) is 0 Å². The van der Waals surface area contributed by atoms with Gasteiger partial charge in [-0.1, -0.05) is 31.1 Å². The fraction of sp³-hybridized carbons (Fsp3) is 0.219. The van der Waals surface area contributed by atoms with Crippen LogP contribution < -0.4 is 14.2 Å². The summed E-state index contributed by atoms with van der Waals surface area (Å²) < 4.78 is 18.0. The Morgan fingerprint density at radius 1 is 0.795 bits per heavy atom. The van der Waals surface area contributed by atoms with Gasteiger partial charge >= 0.3 is 11.9 Å². The Kier molecular flexibility index (Phi) is 8.53. The molecule has 0 unspecified atom stereocenters. The Hall–Kier alpha value is -4.81. The molecule has 0 saturated heterocycles. The highest BCUT2D eigenvalue weighted by molar-refractivity contribution is 7.25. The van der Waals surface area contributed by atoms with E-state index in [0.717, 1.165) is 44.5 Å². The van der Waals surface area contributed by atoms with Crippen LogP contribution in [0.4, 0.5) is 0 Å². The van der Waals surface area contributed by atoms with Crippen molar-refractivity contribution >= 4 is 34.6 Å². The van der Waals surface area contributed by atoms with Crippen molar-refractivity contribution in [2.75, 3.05) is 19.8 Å². The number of carbonyl (C=O) groups is 2. The number of carboxylic acid groups (broad SMARTS) is 2. The van der Waals surface area contributed by atoms with E-state index in [1.54, 1.807) is 17.5 Å². The standard InChI is InChI=1S/C32H27N3O7S2/c1-2-3-4-11-42-32-28-27(40-12-13-41-28)29(44-32)26-6-5-25(43-26)18-7-9-33-21(14-18)23-16-20(31(38)39)17-24(35-23)22-15-19(30(36)37)8-10-34-22/h5-10,14-17H,2-4,11-13H2,1H3,(H,36,37)(H,38,39). The molecule has 0 saturated carbocycles. The van der Waals surface area contributed by atoms with Gasteiger partial charge in [0, 0.05) is 22.1 Å². The summed E-state index contributed by atoms with van der Waals surface area (Å²) in [5, 5.41) is 19.9. The summed E-state index contributed by atoms with van der Waals surface area (Å²) in [6.45, 7) is 3.73. The molecule has 0 fully saturated rings. The van der Waals surface area contributed by atoms with E-state index < -0.39 is 11.9 Å². The summed E-state index contributed by atoms with van der Waals surface area (Å²) in [7, 11) is 0. The van der Waals surface area contributed by atoms with Crippen LogP contribution in [-0.2, 0) is 0 Å². The number of hydrogen-bond donors (Lipinski definition) is 2. The first-order valence-electron chi connectivity index (χ1n) is 14.0. The smallest absolute Gasteiger partial charge is 0.335 e. The van der Waals surface area contributed by atoms with E-state index in [4.69, 9.17) is 14.2 Å². The second-order valence-electron chi connectivity index (χ2n) is 9.89. The van der Waals surface area contributed by atoms with Gasteiger partial charge in [0.25, 0.3) is 0 Å². The van der Waals surface area contributed by atoms with E-state index in [1.165, 1.54) is 41.8 Å². The van der Waals surface area contributed by atoms with E-state index in [1.807, 2.05) is 24.3 Å². The molecule has 6 heterocycles. The van der Waals surface area contributed by atoms with Crippen molar-refractivity contribution in [3.8, 4) is 59.5 Å². The van der Waals surface area contributed by atoms with Crippen LogP contribution in [0.2, 0.25) is 0 Å². The fourth-order valence-electron chi connectivity index (χ4n) is 4.66. The van der Waals surface area contributed by atoms with Gasteiger partial charge in [0.15, 0.2) is 5.75 Å². The number of pyridine rings is 3. The summed E-state index contributed by atoms with van der Waals surface area (Å²) >= 11 is 3.10. The fourth-order valence-corrected chi connectivity index (χ4v) is 6.83. The molecule has 44 heavy (non-hydrogen) atoms. The number of carboxylic acids is 2. The van der Waals surface area contributed by atoms with E-state index in [0.29, 0.717) is 42.7 Å². The highest BCUT2D eigenvalue weighted by Crippen LogP contribution is 2.55. The van der Waals surface area contributed by atoms with Gasteiger partial charge in [0.1, 0.15) is 13.2 Å². The van der Waals surface area contributed by atoms with Gasteiger partial charge in [-0.15, -0.1) is 11.3 Å². The molecule has 1 aliphatic rings. The maximum absolute atomic E-state index is 12.0. The van der Waals surface area contributed by atoms with Gasteiger partial charge in [0.05, 0.1) is 45.4 Å². The second kappa shape index (κ2) is 12.8. The van der Waals surface area contributed by atoms with Crippen LogP contribution in [0.1, 0.15) is 46.9 Å². The molecule has 5 aromatic heterocycles. The van der Waals surface area contributed by atoms with E-state index in [9.17, 15) is 19.8 Å². The van der Waals surface area contributed by atoms with Crippen molar-refractivity contribution in [3.63, 3.8) is 0 Å². The molecule has 0 spiro atoms. The Labute approximate surface area is 260 Å². The van der Waals surface area contributed by atoms with Crippen molar-refractivity contribution in [2.24, 2.45) is 0 Å². The van der Waals surface area contributed by atoms with Crippen LogP contribution in [0, 0.1) is 0 Å². The van der Waals surface area contributed by atoms with Gasteiger partial charge in [0.2, 0.25) is 10.8 Å². The quantitative estimate of drug-likeness (QED) is 0.142. The molecule has 5 aromatic rings. The average molecular weight is 630 g/mol. The van der Waals surface area contributed by atoms with E-state index in [2.05, 4.69) is 21.9 Å². The minimum absolute atomic E-state index is 0.0180. The molecular weight excluding hydrogens is 603 g/mol. The highest BCUT2D eigenvalue weighted by Gasteiger charge is 2.27. The zero-order valence-electron chi connectivity index (χ0n) is 23.6. The van der Waals surface area contributed by atoms with Crippen molar-refractivity contribution in [1.82, 2.24) is 15.0 Å². The molecule has 1 aliphatic heterocycles. The van der Waals surface area contributed by atoms with Gasteiger partial charge in [-0.3, -0.25) is 9.97 Å². The Balaban J connectivity index is 1.33. The lowest BCUT2D eigenvalue weighted by atomic mass is 10.1. The van der Waals surface area contributed by atoms with Crippen molar-refractivity contribution in [1.29, 1.82) is 0 Å². The Morgan fingerprint density at radius 3 is 2.18 bits per heavy atom. The molecule has 224 valence electrons. The number of unbranched alkanes of at least 4 members (excludes halogenated alkanes) is 2. The third-order valence-corrected chi connectivity index (χ3v) is 9.21. The van der Waals surface area contributed by atoms with Gasteiger partial charge < -0.3 is 24.4 Å². The summed E-state index contributed by atoms with van der Waals surface area (Å²) in [5.74, 6) is -0.899. The first-order chi connectivity index (χ1) is 21.4. The molecule has 0 aromatic carbocycles. The summed E-state index contributed by atoms with van der Waals surface area (Å²) in [6.07, 6.45) is 6.19. The van der Waals surface area contributed by atoms with Gasteiger partial charge in [-0.05, 0) is 60.5 Å². The predicted molar refractivity (Wildman–Crippen MR) is 167 cm³/mol. The molecule has 10 nitrogen and oxygen atoms in total. The zero-order chi connectivity index (χ0) is 30.6. The van der Waals surface area contributed by atoms with Crippen molar-refractivity contribution < 1.29 is 34.0 Å². The largest absolute Gasteiger partial charge is 0.484 e. The molecule has 0 aliphatic carbocycles. The molecular formula is C32H27N3O7S2. The van der Waals surface area contributed by atoms with Gasteiger partial charge in [-0.25, -0.2) is 14.6 Å². The lowest BCUT2D eigenvalue weighted by molar-refractivity contribution is 0.0686. The van der Waals surface area contributed by atoms with E-state index >= 15 is 0 Å². The zero-order valence-corrected chi connectivity index (χ0v) is 25.2. The molecule has 12 heteroatoms. The Morgan fingerprint density at radius 2 is 1.45 bits per heavy atom. The number of aromatic carboxylic acids is 2. The summed E-state index contributed by atoms with van der Waals surface area (Å²) in [5.41, 5.74) is 2.13. The summed E-state index contributed by atoms with van der Waals surface area (Å²) in [6, 6.07) is 13.3. The normalized spacial score (nSPS) is 12.2. The monoisotopic (exact) mass is 629 g/mol.